The zero-order valence-electron chi connectivity index (χ0n) is 9.40. The highest BCUT2D eigenvalue weighted by Crippen LogP contribution is 2.00. The van der Waals surface area contributed by atoms with Gasteiger partial charge in [0.1, 0.15) is 5.78 Å². The smallest absolute Gasteiger partial charge is 0.139 e. The van der Waals surface area contributed by atoms with Crippen LogP contribution >= 0.6 is 0 Å². The summed E-state index contributed by atoms with van der Waals surface area (Å²) in [5, 5.41) is 4.01. The Morgan fingerprint density at radius 2 is 2.33 bits per heavy atom. The molecule has 0 N–H and O–H groups in total. The highest BCUT2D eigenvalue weighted by atomic mass is 16.5. The summed E-state index contributed by atoms with van der Waals surface area (Å²) >= 11 is 0. The lowest BCUT2D eigenvalue weighted by Gasteiger charge is -2.00. The molecule has 84 valence electrons. The van der Waals surface area contributed by atoms with Crippen molar-refractivity contribution in [3.05, 3.63) is 18.0 Å². The van der Waals surface area contributed by atoms with Crippen molar-refractivity contribution in [2.24, 2.45) is 7.05 Å². The largest absolute Gasteiger partial charge is 0.381 e. The van der Waals surface area contributed by atoms with Gasteiger partial charge in [0.15, 0.2) is 0 Å². The number of hydrogen-bond donors (Lipinski definition) is 0. The molecule has 1 rings (SSSR count). The van der Waals surface area contributed by atoms with Crippen LogP contribution in [0.2, 0.25) is 0 Å². The molecule has 0 amide bonds. The minimum Gasteiger partial charge on any atom is -0.381 e. The van der Waals surface area contributed by atoms with E-state index in [1.165, 1.54) is 0 Å². The highest BCUT2D eigenvalue weighted by molar-refractivity contribution is 5.80. The second-order valence-electron chi connectivity index (χ2n) is 3.60. The van der Waals surface area contributed by atoms with E-state index in [-0.39, 0.29) is 5.78 Å². The van der Waals surface area contributed by atoms with E-state index in [1.54, 1.807) is 10.9 Å². The lowest BCUT2D eigenvalue weighted by atomic mass is 10.1. The molecule has 0 fully saturated rings. The van der Waals surface area contributed by atoms with Gasteiger partial charge in [-0.3, -0.25) is 9.48 Å². The van der Waals surface area contributed by atoms with Crippen molar-refractivity contribution in [3.8, 4) is 0 Å². The summed E-state index contributed by atoms with van der Waals surface area (Å²) in [6, 6.07) is 0. The number of rotatable bonds is 7. The van der Waals surface area contributed by atoms with E-state index in [0.717, 1.165) is 18.6 Å². The first-order chi connectivity index (χ1) is 7.22. The maximum atomic E-state index is 11.5. The molecule has 0 aromatic carbocycles. The standard InChI is InChI=1S/C11H18N2O2/c1-3-5-15-6-4-11(14)7-10-8-12-13(2)9-10/h8-9H,3-7H2,1-2H3. The monoisotopic (exact) mass is 210 g/mol. The van der Waals surface area contributed by atoms with Gasteiger partial charge >= 0.3 is 0 Å². The second kappa shape index (κ2) is 6.35. The van der Waals surface area contributed by atoms with Crippen molar-refractivity contribution < 1.29 is 9.53 Å². The van der Waals surface area contributed by atoms with E-state index in [9.17, 15) is 4.79 Å². The average molecular weight is 210 g/mol. The van der Waals surface area contributed by atoms with Gasteiger partial charge in [-0.25, -0.2) is 0 Å². The normalized spacial score (nSPS) is 10.5. The summed E-state index contributed by atoms with van der Waals surface area (Å²) in [5.41, 5.74) is 0.970. The molecule has 0 saturated carbocycles. The molecule has 4 nitrogen and oxygen atoms in total. The first-order valence-corrected chi connectivity index (χ1v) is 5.29. The van der Waals surface area contributed by atoms with Crippen LogP contribution in [0, 0.1) is 0 Å². The number of carbonyl (C=O) groups excluding carboxylic acids is 1. The third kappa shape index (κ3) is 4.74. The number of aryl methyl sites for hydroxylation is 1. The molecule has 4 heteroatoms. The topological polar surface area (TPSA) is 44.1 Å². The molecular formula is C11H18N2O2. The van der Waals surface area contributed by atoms with E-state index in [2.05, 4.69) is 12.0 Å². The molecule has 0 spiro atoms. The van der Waals surface area contributed by atoms with Gasteiger partial charge in [-0.05, 0) is 12.0 Å². The van der Waals surface area contributed by atoms with Gasteiger partial charge in [-0.2, -0.15) is 5.10 Å². The van der Waals surface area contributed by atoms with Crippen LogP contribution in [0.3, 0.4) is 0 Å². The minimum atomic E-state index is 0.208. The van der Waals surface area contributed by atoms with Gasteiger partial charge in [0.2, 0.25) is 0 Å². The Morgan fingerprint density at radius 3 is 2.93 bits per heavy atom. The van der Waals surface area contributed by atoms with Crippen LogP contribution in [0.15, 0.2) is 12.4 Å². The molecule has 0 aliphatic heterocycles. The Kier molecular flexibility index (Phi) is 5.04. The van der Waals surface area contributed by atoms with E-state index in [4.69, 9.17) is 4.74 Å². The van der Waals surface area contributed by atoms with E-state index in [0.29, 0.717) is 19.4 Å². The van der Waals surface area contributed by atoms with Crippen molar-refractivity contribution >= 4 is 5.78 Å². The van der Waals surface area contributed by atoms with Crippen LogP contribution in [0.25, 0.3) is 0 Å². The SMILES string of the molecule is CCCOCCC(=O)Cc1cnn(C)c1. The molecule has 0 aliphatic carbocycles. The molecule has 1 heterocycles. The van der Waals surface area contributed by atoms with Gasteiger partial charge in [0.25, 0.3) is 0 Å². The van der Waals surface area contributed by atoms with Gasteiger partial charge in [-0.1, -0.05) is 6.92 Å². The Labute approximate surface area is 90.2 Å². The average Bonchev–Trinajstić information content (AvgIpc) is 2.59. The Balaban J connectivity index is 2.18. The number of ketones is 1. The molecule has 0 bridgehead atoms. The van der Waals surface area contributed by atoms with Crippen LogP contribution in [-0.2, 0) is 23.0 Å². The third-order valence-electron chi connectivity index (χ3n) is 2.03. The predicted octanol–water partition coefficient (Wildman–Crippen LogP) is 1.35. The van der Waals surface area contributed by atoms with Gasteiger partial charge in [-0.15, -0.1) is 0 Å². The summed E-state index contributed by atoms with van der Waals surface area (Å²) in [6.45, 7) is 3.32. The fraction of sp³-hybridized carbons (Fsp3) is 0.636. The van der Waals surface area contributed by atoms with Crippen molar-refractivity contribution in [2.75, 3.05) is 13.2 Å². The zero-order chi connectivity index (χ0) is 11.1. The molecule has 0 aliphatic rings. The number of nitrogens with zero attached hydrogens (tertiary/aromatic N) is 2. The molecule has 15 heavy (non-hydrogen) atoms. The van der Waals surface area contributed by atoms with Crippen LogP contribution in [0.5, 0.6) is 0 Å². The van der Waals surface area contributed by atoms with Crippen LogP contribution in [0.4, 0.5) is 0 Å². The zero-order valence-corrected chi connectivity index (χ0v) is 9.40. The Bertz CT molecular complexity index is 307. The van der Waals surface area contributed by atoms with E-state index >= 15 is 0 Å². The molecule has 0 saturated heterocycles. The Morgan fingerprint density at radius 1 is 1.53 bits per heavy atom. The van der Waals surface area contributed by atoms with Gasteiger partial charge in [0, 0.05) is 32.7 Å². The molecule has 1 aromatic rings. The summed E-state index contributed by atoms with van der Waals surface area (Å²) < 4.78 is 6.96. The third-order valence-corrected chi connectivity index (χ3v) is 2.03. The van der Waals surface area contributed by atoms with Crippen LogP contribution in [-0.4, -0.2) is 28.8 Å². The van der Waals surface area contributed by atoms with Gasteiger partial charge < -0.3 is 4.74 Å². The number of Topliss-reactive ketones (excluding diaryl/α,β-unsaturated/α-hetero) is 1. The maximum Gasteiger partial charge on any atom is 0.139 e. The van der Waals surface area contributed by atoms with Crippen LogP contribution in [0.1, 0.15) is 25.3 Å². The van der Waals surface area contributed by atoms with Crippen molar-refractivity contribution in [1.29, 1.82) is 0 Å². The summed E-state index contributed by atoms with van der Waals surface area (Å²) in [7, 11) is 1.85. The van der Waals surface area contributed by atoms with Crippen LogP contribution < -0.4 is 0 Å². The summed E-state index contributed by atoms with van der Waals surface area (Å²) in [5.74, 6) is 0.208. The van der Waals surface area contributed by atoms with E-state index < -0.39 is 0 Å². The predicted molar refractivity (Wildman–Crippen MR) is 57.6 cm³/mol. The number of hydrogen-bond acceptors (Lipinski definition) is 3. The Hall–Kier alpha value is -1.16. The quantitative estimate of drug-likeness (QED) is 0.638. The number of ether oxygens (including phenoxy) is 1. The minimum absolute atomic E-state index is 0.208. The highest BCUT2D eigenvalue weighted by Gasteiger charge is 2.05. The molecule has 1 aromatic heterocycles. The van der Waals surface area contributed by atoms with Gasteiger partial charge in [0.05, 0.1) is 12.8 Å². The fourth-order valence-corrected chi connectivity index (χ4v) is 1.31. The molecular weight excluding hydrogens is 192 g/mol. The second-order valence-corrected chi connectivity index (χ2v) is 3.60. The van der Waals surface area contributed by atoms with Crippen molar-refractivity contribution in [1.82, 2.24) is 9.78 Å². The van der Waals surface area contributed by atoms with Crippen molar-refractivity contribution in [2.45, 2.75) is 26.2 Å². The maximum absolute atomic E-state index is 11.5. The first kappa shape index (κ1) is 11.9. The number of carbonyl (C=O) groups is 1. The first-order valence-electron chi connectivity index (χ1n) is 5.29. The summed E-state index contributed by atoms with van der Waals surface area (Å²) in [4.78, 5) is 11.5. The molecule has 0 radical (unpaired) electrons. The van der Waals surface area contributed by atoms with E-state index in [1.807, 2.05) is 13.2 Å². The summed E-state index contributed by atoms with van der Waals surface area (Å²) in [6.07, 6.45) is 5.55. The molecule has 0 unspecified atom stereocenters. The lowest BCUT2D eigenvalue weighted by molar-refractivity contribution is -0.119. The fourth-order valence-electron chi connectivity index (χ4n) is 1.31. The number of aromatic nitrogens is 2. The van der Waals surface area contributed by atoms with Crippen molar-refractivity contribution in [3.63, 3.8) is 0 Å². The molecule has 0 atom stereocenters. The lowest BCUT2D eigenvalue weighted by Crippen LogP contribution is -2.07.